The lowest BCUT2D eigenvalue weighted by Gasteiger charge is -2.22. The van der Waals surface area contributed by atoms with Crippen molar-refractivity contribution < 1.29 is 14.8 Å². The minimum absolute atomic E-state index is 0.0670. The molecule has 7 nitrogen and oxygen atoms in total. The highest BCUT2D eigenvalue weighted by Crippen LogP contribution is 2.34. The van der Waals surface area contributed by atoms with Crippen molar-refractivity contribution in [2.75, 3.05) is 0 Å². The van der Waals surface area contributed by atoms with Gasteiger partial charge in [0.05, 0.1) is 4.92 Å². The van der Waals surface area contributed by atoms with Gasteiger partial charge in [-0.25, -0.2) is 9.78 Å². The zero-order valence-electron chi connectivity index (χ0n) is 13.7. The van der Waals surface area contributed by atoms with Crippen LogP contribution in [0, 0.1) is 10.1 Å². The number of nitrogens with zero attached hydrogens (tertiary/aromatic N) is 3. The molecule has 1 aromatic heterocycles. The van der Waals surface area contributed by atoms with Crippen molar-refractivity contribution in [2.24, 2.45) is 0 Å². The Kier molecular flexibility index (Phi) is 4.92. The zero-order chi connectivity index (χ0) is 17.8. The van der Waals surface area contributed by atoms with Gasteiger partial charge in [0.2, 0.25) is 0 Å². The molecule has 3 rings (SSSR count). The first-order valence-corrected chi connectivity index (χ1v) is 8.29. The fourth-order valence-electron chi connectivity index (χ4n) is 3.34. The molecular weight excluding hydrogens is 322 g/mol. The van der Waals surface area contributed by atoms with Crippen molar-refractivity contribution in [1.82, 2.24) is 9.55 Å². The van der Waals surface area contributed by atoms with Crippen LogP contribution in [0.25, 0.3) is 11.8 Å². The van der Waals surface area contributed by atoms with Crippen molar-refractivity contribution in [1.29, 1.82) is 0 Å². The SMILES string of the molecule is O=C(O)C=Cc1ccc(-n2ccnc2C2CCCCC2)c([N+](=O)[O-])c1. The van der Waals surface area contributed by atoms with Crippen LogP contribution in [0.4, 0.5) is 5.69 Å². The van der Waals surface area contributed by atoms with Crippen molar-refractivity contribution >= 4 is 17.7 Å². The molecule has 25 heavy (non-hydrogen) atoms. The van der Waals surface area contributed by atoms with Crippen molar-refractivity contribution in [3.8, 4) is 5.69 Å². The van der Waals surface area contributed by atoms with Gasteiger partial charge in [0.15, 0.2) is 0 Å². The molecule has 1 N–H and O–H groups in total. The molecule has 1 saturated carbocycles. The smallest absolute Gasteiger partial charge is 0.328 e. The first kappa shape index (κ1) is 16.9. The standard InChI is InChI=1S/C18H19N3O4/c22-17(23)9-7-13-6-8-15(16(12-13)21(24)25)20-11-10-19-18(20)14-4-2-1-3-5-14/h6-12,14H,1-5H2,(H,22,23). The zero-order valence-corrected chi connectivity index (χ0v) is 13.7. The van der Waals surface area contributed by atoms with Crippen LogP contribution in [0.1, 0.15) is 49.4 Å². The molecular formula is C18H19N3O4. The molecule has 0 amide bonds. The van der Waals surface area contributed by atoms with Crippen LogP contribution in [-0.4, -0.2) is 25.6 Å². The number of hydrogen-bond acceptors (Lipinski definition) is 4. The summed E-state index contributed by atoms with van der Waals surface area (Å²) in [5.74, 6) is 0.0764. The molecule has 0 spiro atoms. The van der Waals surface area contributed by atoms with Crippen molar-refractivity contribution in [2.45, 2.75) is 38.0 Å². The number of benzene rings is 1. The highest BCUT2D eigenvalue weighted by Gasteiger charge is 2.24. The van der Waals surface area contributed by atoms with Crippen molar-refractivity contribution in [3.05, 3.63) is 58.2 Å². The van der Waals surface area contributed by atoms with Gasteiger partial charge in [0, 0.05) is 30.5 Å². The number of carbonyl (C=O) groups is 1. The van der Waals surface area contributed by atoms with E-state index in [0.29, 0.717) is 17.2 Å². The maximum Gasteiger partial charge on any atom is 0.328 e. The molecule has 0 unspecified atom stereocenters. The van der Waals surface area contributed by atoms with Gasteiger partial charge in [0.25, 0.3) is 5.69 Å². The fraction of sp³-hybridized carbons (Fsp3) is 0.333. The Bertz CT molecular complexity index is 819. The highest BCUT2D eigenvalue weighted by atomic mass is 16.6. The van der Waals surface area contributed by atoms with Crippen LogP contribution in [-0.2, 0) is 4.79 Å². The van der Waals surface area contributed by atoms with Crippen LogP contribution < -0.4 is 0 Å². The number of hydrogen-bond donors (Lipinski definition) is 1. The lowest BCUT2D eigenvalue weighted by Crippen LogP contribution is -2.12. The second kappa shape index (κ2) is 7.29. The molecule has 1 aromatic carbocycles. The van der Waals surface area contributed by atoms with Gasteiger partial charge in [-0.1, -0.05) is 25.3 Å². The summed E-state index contributed by atoms with van der Waals surface area (Å²) in [6.45, 7) is 0. The molecule has 1 aliphatic carbocycles. The monoisotopic (exact) mass is 341 g/mol. The van der Waals surface area contributed by atoms with E-state index in [4.69, 9.17) is 5.11 Å². The van der Waals surface area contributed by atoms with Crippen LogP contribution in [0.5, 0.6) is 0 Å². The summed E-state index contributed by atoms with van der Waals surface area (Å²) < 4.78 is 1.79. The minimum Gasteiger partial charge on any atom is -0.478 e. The molecule has 1 aliphatic rings. The fourth-order valence-corrected chi connectivity index (χ4v) is 3.34. The number of carboxylic acid groups (broad SMARTS) is 1. The Hall–Kier alpha value is -2.96. The van der Waals surface area contributed by atoms with E-state index in [1.165, 1.54) is 18.6 Å². The molecule has 7 heteroatoms. The van der Waals surface area contributed by atoms with Crippen molar-refractivity contribution in [3.63, 3.8) is 0 Å². The number of carboxylic acids is 1. The summed E-state index contributed by atoms with van der Waals surface area (Å²) in [4.78, 5) is 26.2. The van der Waals surface area contributed by atoms with Gasteiger partial charge < -0.3 is 5.11 Å². The summed E-state index contributed by atoms with van der Waals surface area (Å²) in [5, 5.41) is 20.2. The van der Waals surface area contributed by atoms with E-state index in [-0.39, 0.29) is 5.69 Å². The quantitative estimate of drug-likeness (QED) is 0.505. The van der Waals surface area contributed by atoms with Gasteiger partial charge in [-0.15, -0.1) is 0 Å². The number of nitro groups is 1. The van der Waals surface area contributed by atoms with E-state index in [2.05, 4.69) is 4.98 Å². The highest BCUT2D eigenvalue weighted by molar-refractivity contribution is 5.85. The molecule has 130 valence electrons. The van der Waals surface area contributed by atoms with Gasteiger partial charge in [-0.05, 0) is 30.5 Å². The predicted octanol–water partition coefficient (Wildman–Crippen LogP) is 3.93. The summed E-state index contributed by atoms with van der Waals surface area (Å²) in [7, 11) is 0. The van der Waals surface area contributed by atoms with E-state index in [1.807, 2.05) is 0 Å². The van der Waals surface area contributed by atoms with Gasteiger partial charge in [-0.3, -0.25) is 14.7 Å². The summed E-state index contributed by atoms with van der Waals surface area (Å²) in [6.07, 6.45) is 11.3. The summed E-state index contributed by atoms with van der Waals surface area (Å²) in [5.41, 5.74) is 0.857. The Morgan fingerprint density at radius 2 is 2.08 bits per heavy atom. The molecule has 0 bridgehead atoms. The largest absolute Gasteiger partial charge is 0.478 e. The van der Waals surface area contributed by atoms with Gasteiger partial charge in [0.1, 0.15) is 11.5 Å². The lowest BCUT2D eigenvalue weighted by molar-refractivity contribution is -0.384. The normalized spacial score (nSPS) is 15.5. The number of nitro benzene ring substituents is 1. The molecule has 1 fully saturated rings. The van der Waals surface area contributed by atoms with Gasteiger partial charge >= 0.3 is 5.97 Å². The Morgan fingerprint density at radius 3 is 2.76 bits per heavy atom. The Labute approximate surface area is 144 Å². The third-order valence-corrected chi connectivity index (χ3v) is 4.51. The van der Waals surface area contributed by atoms with E-state index >= 15 is 0 Å². The average Bonchev–Trinajstić information content (AvgIpc) is 3.10. The summed E-state index contributed by atoms with van der Waals surface area (Å²) >= 11 is 0. The second-order valence-corrected chi connectivity index (χ2v) is 6.17. The van der Waals surface area contributed by atoms with Crippen LogP contribution in [0.2, 0.25) is 0 Å². The Balaban J connectivity index is 2.01. The second-order valence-electron chi connectivity index (χ2n) is 6.17. The Morgan fingerprint density at radius 1 is 1.32 bits per heavy atom. The van der Waals surface area contributed by atoms with Gasteiger partial charge in [-0.2, -0.15) is 0 Å². The number of rotatable bonds is 5. The average molecular weight is 341 g/mol. The molecule has 0 atom stereocenters. The van der Waals surface area contributed by atoms with E-state index in [9.17, 15) is 14.9 Å². The van der Waals surface area contributed by atoms with Crippen LogP contribution in [0.3, 0.4) is 0 Å². The van der Waals surface area contributed by atoms with E-state index in [0.717, 1.165) is 37.6 Å². The number of imidazole rings is 1. The number of aromatic nitrogens is 2. The van der Waals surface area contributed by atoms with E-state index in [1.54, 1.807) is 29.1 Å². The third kappa shape index (κ3) is 3.76. The topological polar surface area (TPSA) is 98.3 Å². The third-order valence-electron chi connectivity index (χ3n) is 4.51. The maximum absolute atomic E-state index is 11.5. The summed E-state index contributed by atoms with van der Waals surface area (Å²) in [6, 6.07) is 4.71. The molecule has 0 radical (unpaired) electrons. The lowest BCUT2D eigenvalue weighted by atomic mass is 9.88. The first-order valence-electron chi connectivity index (χ1n) is 8.29. The first-order chi connectivity index (χ1) is 12.1. The molecule has 0 saturated heterocycles. The molecule has 0 aliphatic heterocycles. The van der Waals surface area contributed by atoms with Crippen LogP contribution in [0.15, 0.2) is 36.7 Å². The predicted molar refractivity (Wildman–Crippen MR) is 92.7 cm³/mol. The number of aliphatic carboxylic acids is 1. The molecule has 1 heterocycles. The van der Waals surface area contributed by atoms with Crippen LogP contribution >= 0.6 is 0 Å². The molecule has 2 aromatic rings. The minimum atomic E-state index is -1.10. The maximum atomic E-state index is 11.5. The van der Waals surface area contributed by atoms with E-state index < -0.39 is 10.9 Å².